The summed E-state index contributed by atoms with van der Waals surface area (Å²) in [6.07, 6.45) is 10.3. The quantitative estimate of drug-likeness (QED) is 0.476. The zero-order valence-corrected chi connectivity index (χ0v) is 18.4. The molecule has 2 aromatic carbocycles. The van der Waals surface area contributed by atoms with Crippen molar-refractivity contribution in [2.24, 2.45) is 0 Å². The van der Waals surface area contributed by atoms with Crippen molar-refractivity contribution in [3.05, 3.63) is 66.4 Å². The standard InChI is InChI=1S/C27H30N2O3/c30-27(10-6-16-31-23-8-2-1-3-9-23)28-21-11-12-26-24(18-21)25(19-32-26)20-13-15-29-14-5-4-7-22(29)17-20/h1-3,8-9,11-13,18-19,22H,4-7,10,14-17H2,(H,28,30). The van der Waals surface area contributed by atoms with Gasteiger partial charge >= 0.3 is 0 Å². The van der Waals surface area contributed by atoms with Crippen molar-refractivity contribution in [2.45, 2.75) is 44.6 Å². The van der Waals surface area contributed by atoms with Crippen LogP contribution in [0.3, 0.4) is 0 Å². The molecule has 0 aliphatic carbocycles. The molecule has 0 spiro atoms. The number of nitrogens with one attached hydrogen (secondary N) is 1. The van der Waals surface area contributed by atoms with Gasteiger partial charge in [0.05, 0.1) is 12.9 Å². The molecule has 5 rings (SSSR count). The van der Waals surface area contributed by atoms with E-state index in [-0.39, 0.29) is 5.91 Å². The highest BCUT2D eigenvalue weighted by Crippen LogP contribution is 2.36. The Labute approximate surface area is 189 Å². The van der Waals surface area contributed by atoms with Gasteiger partial charge in [0.1, 0.15) is 11.3 Å². The fraction of sp³-hybridized carbons (Fsp3) is 0.370. The highest BCUT2D eigenvalue weighted by atomic mass is 16.5. The summed E-state index contributed by atoms with van der Waals surface area (Å²) in [4.78, 5) is 15.0. The molecule has 1 N–H and O–H groups in total. The number of ether oxygens (including phenoxy) is 1. The van der Waals surface area contributed by atoms with Crippen molar-refractivity contribution in [3.8, 4) is 5.75 Å². The number of benzene rings is 2. The summed E-state index contributed by atoms with van der Waals surface area (Å²) in [6, 6.07) is 16.2. The molecule has 166 valence electrons. The second-order valence-electron chi connectivity index (χ2n) is 8.75. The Hall–Kier alpha value is -3.05. The summed E-state index contributed by atoms with van der Waals surface area (Å²) in [6.45, 7) is 2.76. The molecule has 3 aromatic rings. The zero-order chi connectivity index (χ0) is 21.8. The predicted molar refractivity (Wildman–Crippen MR) is 128 cm³/mol. The number of furan rings is 1. The predicted octanol–water partition coefficient (Wildman–Crippen LogP) is 5.87. The topological polar surface area (TPSA) is 54.7 Å². The fourth-order valence-electron chi connectivity index (χ4n) is 4.83. The summed E-state index contributed by atoms with van der Waals surface area (Å²) in [5.74, 6) is 0.833. The van der Waals surface area contributed by atoms with Crippen LogP contribution >= 0.6 is 0 Å². The van der Waals surface area contributed by atoms with Crippen molar-refractivity contribution >= 4 is 28.1 Å². The van der Waals surface area contributed by atoms with Gasteiger partial charge in [0.25, 0.3) is 0 Å². The number of carbonyl (C=O) groups is 1. The lowest BCUT2D eigenvalue weighted by Gasteiger charge is -2.38. The number of hydrogen-bond donors (Lipinski definition) is 1. The first-order valence-corrected chi connectivity index (χ1v) is 11.7. The van der Waals surface area contributed by atoms with Gasteiger partial charge in [-0.05, 0) is 68.1 Å². The van der Waals surface area contributed by atoms with Gasteiger partial charge in [-0.15, -0.1) is 0 Å². The molecule has 1 amide bonds. The van der Waals surface area contributed by atoms with E-state index in [1.807, 2.05) is 54.8 Å². The number of fused-ring (bicyclic) bond motifs is 2. The van der Waals surface area contributed by atoms with E-state index in [4.69, 9.17) is 9.15 Å². The van der Waals surface area contributed by atoms with E-state index >= 15 is 0 Å². The monoisotopic (exact) mass is 430 g/mol. The van der Waals surface area contributed by atoms with Crippen LogP contribution in [0, 0.1) is 0 Å². The lowest BCUT2D eigenvalue weighted by molar-refractivity contribution is -0.116. The molecule has 1 unspecified atom stereocenters. The lowest BCUT2D eigenvalue weighted by atomic mass is 9.89. The summed E-state index contributed by atoms with van der Waals surface area (Å²) < 4.78 is 11.5. The van der Waals surface area contributed by atoms with E-state index in [1.165, 1.54) is 31.4 Å². The van der Waals surface area contributed by atoms with Crippen LogP contribution in [0.2, 0.25) is 0 Å². The number of nitrogens with zero attached hydrogens (tertiary/aromatic N) is 1. The van der Waals surface area contributed by atoms with Crippen molar-refractivity contribution in [1.82, 2.24) is 4.90 Å². The second kappa shape index (κ2) is 9.61. The summed E-state index contributed by atoms with van der Waals surface area (Å²) in [7, 11) is 0. The van der Waals surface area contributed by atoms with Crippen LogP contribution in [0.1, 0.15) is 44.1 Å². The van der Waals surface area contributed by atoms with Crippen molar-refractivity contribution in [2.75, 3.05) is 25.0 Å². The Balaban J connectivity index is 1.21. The molecule has 3 heterocycles. The number of hydrogen-bond acceptors (Lipinski definition) is 4. The molecule has 1 saturated heterocycles. The first-order chi connectivity index (χ1) is 15.8. The number of carbonyl (C=O) groups excluding carboxylic acids is 1. The summed E-state index contributed by atoms with van der Waals surface area (Å²) >= 11 is 0. The normalized spacial score (nSPS) is 18.8. The SMILES string of the molecule is O=C(CCCOc1ccccc1)Nc1ccc2occ(C3=CCN4CCCCC4C3)c2c1. The third-order valence-electron chi connectivity index (χ3n) is 6.54. The molecule has 2 aliphatic heterocycles. The van der Waals surface area contributed by atoms with E-state index in [1.54, 1.807) is 0 Å². The highest BCUT2D eigenvalue weighted by Gasteiger charge is 2.27. The largest absolute Gasteiger partial charge is 0.494 e. The smallest absolute Gasteiger partial charge is 0.224 e. The molecule has 32 heavy (non-hydrogen) atoms. The zero-order valence-electron chi connectivity index (χ0n) is 18.4. The minimum atomic E-state index is 0.000728. The molecule has 0 saturated carbocycles. The van der Waals surface area contributed by atoms with Crippen LogP contribution < -0.4 is 10.1 Å². The van der Waals surface area contributed by atoms with E-state index < -0.39 is 0 Å². The second-order valence-corrected chi connectivity index (χ2v) is 8.75. The molecule has 2 aliphatic rings. The molecule has 1 fully saturated rings. The molecule has 0 bridgehead atoms. The van der Waals surface area contributed by atoms with Crippen molar-refractivity contribution in [3.63, 3.8) is 0 Å². The molecule has 5 heteroatoms. The number of piperidine rings is 1. The molecule has 1 atom stereocenters. The maximum Gasteiger partial charge on any atom is 0.224 e. The van der Waals surface area contributed by atoms with Gasteiger partial charge < -0.3 is 14.5 Å². The van der Waals surface area contributed by atoms with Gasteiger partial charge in [-0.25, -0.2) is 0 Å². The minimum Gasteiger partial charge on any atom is -0.494 e. The molecular formula is C27H30N2O3. The van der Waals surface area contributed by atoms with Crippen LogP contribution in [0.25, 0.3) is 16.5 Å². The number of anilines is 1. The Bertz CT molecular complexity index is 1100. The molecule has 5 nitrogen and oxygen atoms in total. The van der Waals surface area contributed by atoms with E-state index in [0.717, 1.165) is 40.9 Å². The van der Waals surface area contributed by atoms with Gasteiger partial charge in [0.15, 0.2) is 0 Å². The number of rotatable bonds is 7. The average Bonchev–Trinajstić information content (AvgIpc) is 3.25. The van der Waals surface area contributed by atoms with Crippen LogP contribution in [0.15, 0.2) is 65.3 Å². The van der Waals surface area contributed by atoms with Crippen LogP contribution in [0.5, 0.6) is 5.75 Å². The number of para-hydroxylation sites is 1. The fourth-order valence-corrected chi connectivity index (χ4v) is 4.83. The van der Waals surface area contributed by atoms with Gasteiger partial charge in [-0.2, -0.15) is 0 Å². The third kappa shape index (κ3) is 4.73. The third-order valence-corrected chi connectivity index (χ3v) is 6.54. The van der Waals surface area contributed by atoms with Crippen LogP contribution in [0.4, 0.5) is 5.69 Å². The number of amides is 1. The minimum absolute atomic E-state index is 0.000728. The van der Waals surface area contributed by atoms with Gasteiger partial charge in [-0.1, -0.05) is 30.7 Å². The Kier molecular flexibility index (Phi) is 6.26. The highest BCUT2D eigenvalue weighted by molar-refractivity contribution is 5.97. The van der Waals surface area contributed by atoms with E-state index in [0.29, 0.717) is 25.5 Å². The molecule has 1 aromatic heterocycles. The van der Waals surface area contributed by atoms with E-state index in [2.05, 4.69) is 16.3 Å². The van der Waals surface area contributed by atoms with Gasteiger partial charge in [-0.3, -0.25) is 9.69 Å². The van der Waals surface area contributed by atoms with Gasteiger partial charge in [0, 0.05) is 35.6 Å². The Morgan fingerprint density at radius 1 is 1.16 bits per heavy atom. The molecule has 0 radical (unpaired) electrons. The first-order valence-electron chi connectivity index (χ1n) is 11.7. The van der Waals surface area contributed by atoms with Crippen molar-refractivity contribution < 1.29 is 13.9 Å². The first kappa shape index (κ1) is 20.8. The summed E-state index contributed by atoms with van der Waals surface area (Å²) in [5, 5.41) is 4.11. The van der Waals surface area contributed by atoms with E-state index in [9.17, 15) is 4.79 Å². The van der Waals surface area contributed by atoms with Crippen LogP contribution in [-0.2, 0) is 4.79 Å². The Morgan fingerprint density at radius 3 is 2.97 bits per heavy atom. The lowest BCUT2D eigenvalue weighted by Crippen LogP contribution is -2.41. The molecular weight excluding hydrogens is 400 g/mol. The van der Waals surface area contributed by atoms with Crippen molar-refractivity contribution in [1.29, 1.82) is 0 Å². The Morgan fingerprint density at radius 2 is 2.06 bits per heavy atom. The maximum atomic E-state index is 12.4. The van der Waals surface area contributed by atoms with Gasteiger partial charge in [0.2, 0.25) is 5.91 Å². The maximum absolute atomic E-state index is 12.4. The average molecular weight is 431 g/mol. The summed E-state index contributed by atoms with van der Waals surface area (Å²) in [5.41, 5.74) is 4.21. The van der Waals surface area contributed by atoms with Crippen LogP contribution in [-0.4, -0.2) is 36.5 Å².